The van der Waals surface area contributed by atoms with Crippen LogP contribution in [0, 0.1) is 6.92 Å². The number of hydrogen-bond acceptors (Lipinski definition) is 3. The van der Waals surface area contributed by atoms with E-state index in [-0.39, 0.29) is 0 Å². The number of rotatable bonds is 8. The molecule has 0 bridgehead atoms. The monoisotopic (exact) mass is 325 g/mol. The molecular weight excluding hydrogens is 302 g/mol. The molecule has 0 radical (unpaired) electrons. The summed E-state index contributed by atoms with van der Waals surface area (Å²) in [6.07, 6.45) is 3.11. The van der Waals surface area contributed by atoms with Crippen LogP contribution in [0.4, 0.5) is 0 Å². The maximum Gasteiger partial charge on any atom is 0.0847 e. The minimum absolute atomic E-state index is 0.405. The molecule has 0 aliphatic rings. The van der Waals surface area contributed by atoms with Gasteiger partial charge < -0.3 is 5.32 Å². The molecule has 1 unspecified atom stereocenters. The Morgan fingerprint density at radius 3 is 2.81 bits per heavy atom. The maximum absolute atomic E-state index is 6.44. The van der Waals surface area contributed by atoms with Gasteiger partial charge in [0.2, 0.25) is 0 Å². The van der Waals surface area contributed by atoms with E-state index in [1.807, 2.05) is 22.9 Å². The van der Waals surface area contributed by atoms with Crippen LogP contribution >= 0.6 is 22.9 Å². The molecule has 3 nitrogen and oxygen atoms in total. The molecule has 2 heterocycles. The third-order valence-corrected chi connectivity index (χ3v) is 4.99. The topological polar surface area (TPSA) is 29.9 Å². The molecule has 0 spiro atoms. The van der Waals surface area contributed by atoms with E-state index in [9.17, 15) is 0 Å². The fourth-order valence-electron chi connectivity index (χ4n) is 2.53. The van der Waals surface area contributed by atoms with Crippen LogP contribution < -0.4 is 5.32 Å². The molecule has 2 aromatic heterocycles. The second kappa shape index (κ2) is 7.97. The highest BCUT2D eigenvalue weighted by Gasteiger charge is 2.18. The lowest BCUT2D eigenvalue weighted by Gasteiger charge is -2.18. The number of hydrogen-bond donors (Lipinski definition) is 1. The summed E-state index contributed by atoms with van der Waals surface area (Å²) in [5, 5.41) is 11.1. The van der Waals surface area contributed by atoms with Crippen molar-refractivity contribution in [1.82, 2.24) is 15.1 Å². The van der Waals surface area contributed by atoms with E-state index >= 15 is 0 Å². The van der Waals surface area contributed by atoms with E-state index in [4.69, 9.17) is 11.6 Å². The first-order valence-corrected chi connectivity index (χ1v) is 8.89. The summed E-state index contributed by atoms with van der Waals surface area (Å²) >= 11 is 8.26. The molecule has 1 atom stereocenters. The third kappa shape index (κ3) is 4.31. The largest absolute Gasteiger partial charge is 0.313 e. The number of aromatic nitrogens is 2. The number of thiophene rings is 1. The van der Waals surface area contributed by atoms with Crippen LogP contribution in [-0.4, -0.2) is 22.4 Å². The molecular formula is C16H24ClN3S. The molecule has 0 saturated heterocycles. The normalized spacial score (nSPS) is 12.8. The summed E-state index contributed by atoms with van der Waals surface area (Å²) in [5.41, 5.74) is 2.08. The molecule has 116 valence electrons. The fourth-order valence-corrected chi connectivity index (χ4v) is 3.53. The van der Waals surface area contributed by atoms with Gasteiger partial charge in [-0.1, -0.05) is 24.6 Å². The summed E-state index contributed by atoms with van der Waals surface area (Å²) in [6, 6.07) is 4.72. The van der Waals surface area contributed by atoms with Gasteiger partial charge in [-0.25, -0.2) is 0 Å². The van der Waals surface area contributed by atoms with Gasteiger partial charge in [0.1, 0.15) is 0 Å². The summed E-state index contributed by atoms with van der Waals surface area (Å²) < 4.78 is 2.03. The van der Waals surface area contributed by atoms with E-state index in [2.05, 4.69) is 41.8 Å². The van der Waals surface area contributed by atoms with E-state index in [1.165, 1.54) is 4.88 Å². The Bertz CT molecular complexity index is 548. The highest BCUT2D eigenvalue weighted by Crippen LogP contribution is 2.23. The number of nitrogens with one attached hydrogen (secondary N) is 1. The maximum atomic E-state index is 6.44. The lowest BCUT2D eigenvalue weighted by molar-refractivity contribution is 0.485. The van der Waals surface area contributed by atoms with Gasteiger partial charge in [-0.3, -0.25) is 4.68 Å². The van der Waals surface area contributed by atoms with Crippen molar-refractivity contribution < 1.29 is 0 Å². The highest BCUT2D eigenvalue weighted by atomic mass is 35.5. The van der Waals surface area contributed by atoms with Gasteiger partial charge in [0.25, 0.3) is 0 Å². The predicted molar refractivity (Wildman–Crippen MR) is 91.5 cm³/mol. The van der Waals surface area contributed by atoms with Crippen molar-refractivity contribution >= 4 is 22.9 Å². The van der Waals surface area contributed by atoms with Crippen LogP contribution in [0.25, 0.3) is 0 Å². The first-order valence-electron chi connectivity index (χ1n) is 7.63. The van der Waals surface area contributed by atoms with Crippen LogP contribution in [0.15, 0.2) is 17.5 Å². The van der Waals surface area contributed by atoms with Gasteiger partial charge in [-0.15, -0.1) is 11.3 Å². The van der Waals surface area contributed by atoms with Gasteiger partial charge in [0.05, 0.1) is 16.4 Å². The van der Waals surface area contributed by atoms with Crippen molar-refractivity contribution in [2.75, 3.05) is 6.54 Å². The van der Waals surface area contributed by atoms with Crippen LogP contribution in [0.3, 0.4) is 0 Å². The lowest BCUT2D eigenvalue weighted by Crippen LogP contribution is -2.34. The van der Waals surface area contributed by atoms with Gasteiger partial charge >= 0.3 is 0 Å². The lowest BCUT2D eigenvalue weighted by atomic mass is 10.1. The fraction of sp³-hybridized carbons (Fsp3) is 0.562. The molecule has 0 amide bonds. The van der Waals surface area contributed by atoms with E-state index in [0.717, 1.165) is 48.8 Å². The predicted octanol–water partition coefficient (Wildman–Crippen LogP) is 4.08. The van der Waals surface area contributed by atoms with Crippen molar-refractivity contribution in [1.29, 1.82) is 0 Å². The summed E-state index contributed by atoms with van der Waals surface area (Å²) in [6.45, 7) is 8.18. The average Bonchev–Trinajstić information content (AvgIpc) is 3.08. The van der Waals surface area contributed by atoms with E-state index in [0.29, 0.717) is 6.04 Å². The molecule has 0 fully saturated rings. The number of aryl methyl sites for hydroxylation is 2. The van der Waals surface area contributed by atoms with Crippen molar-refractivity contribution in [3.63, 3.8) is 0 Å². The Hall–Kier alpha value is -0.840. The molecule has 0 aromatic carbocycles. The molecule has 2 rings (SSSR count). The van der Waals surface area contributed by atoms with Crippen molar-refractivity contribution in [2.24, 2.45) is 0 Å². The molecule has 5 heteroatoms. The van der Waals surface area contributed by atoms with Crippen molar-refractivity contribution in [2.45, 2.75) is 52.6 Å². The quantitative estimate of drug-likeness (QED) is 0.792. The Balaban J connectivity index is 2.14. The minimum atomic E-state index is 0.405. The molecule has 0 aliphatic carbocycles. The zero-order valence-electron chi connectivity index (χ0n) is 13.0. The highest BCUT2D eigenvalue weighted by molar-refractivity contribution is 7.09. The van der Waals surface area contributed by atoms with Crippen molar-refractivity contribution in [3.8, 4) is 0 Å². The molecule has 0 saturated carbocycles. The standard InChI is InChI=1S/C16H24ClN3S/c1-4-8-18-13(10-14-7-6-9-21-14)11-15-16(17)12(3)19-20(15)5-2/h6-7,9,13,18H,4-5,8,10-11H2,1-3H3. The Labute approximate surface area is 136 Å². The Kier molecular flexibility index (Phi) is 6.27. The van der Waals surface area contributed by atoms with Crippen LogP contribution in [0.5, 0.6) is 0 Å². The van der Waals surface area contributed by atoms with Gasteiger partial charge in [0, 0.05) is 23.9 Å². The van der Waals surface area contributed by atoms with Crippen LogP contribution in [0.1, 0.15) is 36.5 Å². The summed E-state index contributed by atoms with van der Waals surface area (Å²) in [4.78, 5) is 1.42. The van der Waals surface area contributed by atoms with E-state index in [1.54, 1.807) is 0 Å². The third-order valence-electron chi connectivity index (χ3n) is 3.60. The minimum Gasteiger partial charge on any atom is -0.313 e. The van der Waals surface area contributed by atoms with Crippen LogP contribution in [-0.2, 0) is 19.4 Å². The van der Waals surface area contributed by atoms with Gasteiger partial charge in [-0.05, 0) is 44.7 Å². The molecule has 1 N–H and O–H groups in total. The van der Waals surface area contributed by atoms with Gasteiger partial charge in [0.15, 0.2) is 0 Å². The SMILES string of the molecule is CCCNC(Cc1cccs1)Cc1c(Cl)c(C)nn1CC. The van der Waals surface area contributed by atoms with Crippen LogP contribution in [0.2, 0.25) is 5.02 Å². The zero-order chi connectivity index (χ0) is 15.2. The summed E-state index contributed by atoms with van der Waals surface area (Å²) in [7, 11) is 0. The second-order valence-corrected chi connectivity index (χ2v) is 6.71. The molecule has 21 heavy (non-hydrogen) atoms. The molecule has 2 aromatic rings. The average molecular weight is 326 g/mol. The summed E-state index contributed by atoms with van der Waals surface area (Å²) in [5.74, 6) is 0. The second-order valence-electron chi connectivity index (χ2n) is 5.30. The number of halogens is 1. The Morgan fingerprint density at radius 2 is 2.19 bits per heavy atom. The number of nitrogens with zero attached hydrogens (tertiary/aromatic N) is 2. The first-order chi connectivity index (χ1) is 10.2. The van der Waals surface area contributed by atoms with Crippen molar-refractivity contribution in [3.05, 3.63) is 38.8 Å². The smallest absolute Gasteiger partial charge is 0.0847 e. The Morgan fingerprint density at radius 1 is 1.38 bits per heavy atom. The van der Waals surface area contributed by atoms with Gasteiger partial charge in [-0.2, -0.15) is 5.10 Å². The first kappa shape index (κ1) is 16.5. The zero-order valence-corrected chi connectivity index (χ0v) is 14.6. The molecule has 0 aliphatic heterocycles. The van der Waals surface area contributed by atoms with E-state index < -0.39 is 0 Å².